The normalized spacial score (nSPS) is 23.6. The second-order valence-corrected chi connectivity index (χ2v) is 10.3. The zero-order valence-electron chi connectivity index (χ0n) is 19.9. The Bertz CT molecular complexity index is 938. The van der Waals surface area contributed by atoms with Crippen molar-refractivity contribution in [3.63, 3.8) is 0 Å². The van der Waals surface area contributed by atoms with E-state index in [0.717, 1.165) is 19.3 Å². The van der Waals surface area contributed by atoms with Crippen LogP contribution in [0.15, 0.2) is 30.1 Å². The van der Waals surface area contributed by atoms with Crippen LogP contribution in [-0.4, -0.2) is 66.1 Å². The van der Waals surface area contributed by atoms with E-state index in [-0.39, 0.29) is 34.9 Å². The fourth-order valence-electron chi connectivity index (χ4n) is 4.33. The van der Waals surface area contributed by atoms with Crippen molar-refractivity contribution in [3.8, 4) is 11.5 Å². The average molecular weight is 607 g/mol. The summed E-state index contributed by atoms with van der Waals surface area (Å²) in [5.74, 6) is 0.534. The Hall–Kier alpha value is -1.56. The number of pyridine rings is 1. The maximum absolute atomic E-state index is 12.4. The predicted octanol–water partition coefficient (Wildman–Crippen LogP) is 4.33. The van der Waals surface area contributed by atoms with Crippen molar-refractivity contribution in [1.29, 1.82) is 0 Å². The zero-order chi connectivity index (χ0) is 24.9. The Kier molecular flexibility index (Phi) is 9.48. The zero-order valence-corrected chi connectivity index (χ0v) is 22.8. The number of aromatic nitrogens is 1. The number of esters is 1. The van der Waals surface area contributed by atoms with Gasteiger partial charge in [0.05, 0.1) is 24.8 Å². The number of aliphatic hydroxyl groups is 1. The predicted molar refractivity (Wildman–Crippen MR) is 137 cm³/mol. The Morgan fingerprint density at radius 2 is 2.12 bits per heavy atom. The van der Waals surface area contributed by atoms with Gasteiger partial charge in [-0.1, -0.05) is 25.4 Å². The highest BCUT2D eigenvalue weighted by Gasteiger charge is 2.47. The highest BCUT2D eigenvalue weighted by atomic mass is 127. The molecule has 2 heterocycles. The summed E-state index contributed by atoms with van der Waals surface area (Å²) in [6, 6.07) is 1.69. The number of carbonyl (C=O) groups excluding carboxylic acids is 1. The molecule has 0 saturated heterocycles. The number of halogens is 2. The monoisotopic (exact) mass is 606 g/mol. The molecule has 3 unspecified atom stereocenters. The molecule has 1 aliphatic carbocycles. The highest BCUT2D eigenvalue weighted by Crippen LogP contribution is 2.44. The maximum atomic E-state index is 12.4. The van der Waals surface area contributed by atoms with Crippen LogP contribution in [0, 0.1) is 9.12 Å². The topological polar surface area (TPSA) is 90.4 Å². The van der Waals surface area contributed by atoms with Gasteiger partial charge in [-0.2, -0.15) is 0 Å². The second kappa shape index (κ2) is 11.9. The minimum atomic E-state index is -1.00. The number of aliphatic hydroxyl groups excluding tert-OH is 1. The third-order valence-corrected chi connectivity index (χ3v) is 7.04. The summed E-state index contributed by atoms with van der Waals surface area (Å²) < 4.78 is 23.1. The Balaban J connectivity index is 1.83. The molecule has 1 aromatic heterocycles. The molecular formula is C24H32ClIN2O6. The fraction of sp³-hybridized carbons (Fsp3) is 0.583. The van der Waals surface area contributed by atoms with Gasteiger partial charge in [0.1, 0.15) is 15.9 Å². The number of ether oxygens (including phenoxy) is 4. The molecule has 1 saturated carbocycles. The van der Waals surface area contributed by atoms with Gasteiger partial charge in [-0.25, -0.2) is 9.78 Å². The number of hydrogen-bond acceptors (Lipinski definition) is 8. The van der Waals surface area contributed by atoms with Crippen LogP contribution >= 0.6 is 34.2 Å². The summed E-state index contributed by atoms with van der Waals surface area (Å²) in [5.41, 5.74) is 0.0958. The molecule has 1 N–H and O–H groups in total. The maximum Gasteiger partial charge on any atom is 0.338 e. The van der Waals surface area contributed by atoms with E-state index in [0.29, 0.717) is 28.4 Å². The van der Waals surface area contributed by atoms with Crippen molar-refractivity contribution in [2.75, 3.05) is 26.9 Å². The van der Waals surface area contributed by atoms with E-state index < -0.39 is 12.1 Å². The Labute approximate surface area is 219 Å². The first kappa shape index (κ1) is 27.0. The van der Waals surface area contributed by atoms with Gasteiger partial charge in [-0.05, 0) is 53.8 Å². The number of rotatable bonds is 10. The molecule has 3 atom stereocenters. The summed E-state index contributed by atoms with van der Waals surface area (Å²) >= 11 is 8.40. The van der Waals surface area contributed by atoms with Crippen LogP contribution in [0.3, 0.4) is 0 Å². The molecule has 0 amide bonds. The molecule has 188 valence electrons. The van der Waals surface area contributed by atoms with Crippen LogP contribution < -0.4 is 9.47 Å². The van der Waals surface area contributed by atoms with Crippen LogP contribution in [0.2, 0.25) is 5.15 Å². The van der Waals surface area contributed by atoms with E-state index in [1.807, 2.05) is 4.90 Å². The molecule has 1 fully saturated rings. The molecule has 3 rings (SSSR count). The first-order valence-electron chi connectivity index (χ1n) is 11.3. The molecule has 0 spiro atoms. The molecule has 10 heteroatoms. The summed E-state index contributed by atoms with van der Waals surface area (Å²) in [7, 11) is 1.65. The van der Waals surface area contributed by atoms with Gasteiger partial charge < -0.3 is 29.0 Å². The summed E-state index contributed by atoms with van der Waals surface area (Å²) in [6.45, 7) is 7.38. The number of hydrogen-bond donors (Lipinski definition) is 1. The minimum Gasteiger partial charge on any atom is -0.490 e. The smallest absolute Gasteiger partial charge is 0.338 e. The number of carbonyl (C=O) groups is 1. The van der Waals surface area contributed by atoms with Gasteiger partial charge in [0, 0.05) is 38.6 Å². The van der Waals surface area contributed by atoms with Crippen molar-refractivity contribution in [3.05, 3.63) is 39.0 Å². The molecular weight excluding hydrogens is 575 g/mol. The molecule has 0 aromatic carbocycles. The van der Waals surface area contributed by atoms with Gasteiger partial charge >= 0.3 is 5.97 Å². The third kappa shape index (κ3) is 6.35. The van der Waals surface area contributed by atoms with Gasteiger partial charge in [0.15, 0.2) is 16.7 Å². The SMILES string of the molecule is CCOC(=O)C1=CN(C2C(Oc3cc(OCCCOC)c(Cl)nc3I)CCC2(C)C)C=CC1O. The molecule has 8 nitrogen and oxygen atoms in total. The molecule has 1 aromatic rings. The minimum absolute atomic E-state index is 0.0850. The summed E-state index contributed by atoms with van der Waals surface area (Å²) in [4.78, 5) is 18.7. The van der Waals surface area contributed by atoms with Crippen LogP contribution in [0.5, 0.6) is 11.5 Å². The molecule has 1 aliphatic heterocycles. The number of methoxy groups -OCH3 is 1. The van der Waals surface area contributed by atoms with E-state index in [2.05, 4.69) is 41.4 Å². The van der Waals surface area contributed by atoms with E-state index in [9.17, 15) is 9.90 Å². The Morgan fingerprint density at radius 3 is 2.82 bits per heavy atom. The Morgan fingerprint density at radius 1 is 1.35 bits per heavy atom. The quantitative estimate of drug-likeness (QED) is 0.182. The van der Waals surface area contributed by atoms with Gasteiger partial charge in [0.25, 0.3) is 0 Å². The van der Waals surface area contributed by atoms with Gasteiger partial charge in [-0.3, -0.25) is 0 Å². The molecule has 0 radical (unpaired) electrons. The standard InChI is InChI=1S/C24H32ClIN2O6/c1-5-32-23(30)15-14-28(10-8-16(15)29)20-17(7-9-24(20,2)3)34-19-13-18(21(25)27-22(19)26)33-12-6-11-31-4/h8,10,13-14,16-17,20,29H,5-7,9,11-12H2,1-4H3. The van der Waals surface area contributed by atoms with E-state index in [1.54, 1.807) is 38.6 Å². The molecule has 34 heavy (non-hydrogen) atoms. The number of nitrogens with zero attached hydrogens (tertiary/aromatic N) is 2. The summed E-state index contributed by atoms with van der Waals surface area (Å²) in [6.07, 6.45) is 6.35. The largest absolute Gasteiger partial charge is 0.490 e. The first-order valence-corrected chi connectivity index (χ1v) is 12.8. The van der Waals surface area contributed by atoms with Crippen LogP contribution in [0.1, 0.15) is 40.0 Å². The van der Waals surface area contributed by atoms with Crippen LogP contribution in [-0.2, 0) is 14.3 Å². The lowest BCUT2D eigenvalue weighted by molar-refractivity contribution is -0.139. The van der Waals surface area contributed by atoms with Crippen molar-refractivity contribution < 1.29 is 28.8 Å². The average Bonchev–Trinajstić information content (AvgIpc) is 3.08. The summed E-state index contributed by atoms with van der Waals surface area (Å²) in [5, 5.41) is 10.6. The van der Waals surface area contributed by atoms with Crippen molar-refractivity contribution in [2.45, 2.75) is 58.3 Å². The lowest BCUT2D eigenvalue weighted by atomic mass is 9.85. The van der Waals surface area contributed by atoms with Crippen molar-refractivity contribution in [2.24, 2.45) is 5.41 Å². The van der Waals surface area contributed by atoms with E-state index in [1.165, 1.54) is 0 Å². The van der Waals surface area contributed by atoms with Crippen molar-refractivity contribution in [1.82, 2.24) is 9.88 Å². The molecule has 2 aliphatic rings. The van der Waals surface area contributed by atoms with Crippen LogP contribution in [0.25, 0.3) is 0 Å². The first-order chi connectivity index (χ1) is 16.2. The highest BCUT2D eigenvalue weighted by molar-refractivity contribution is 14.1. The lowest BCUT2D eigenvalue weighted by Gasteiger charge is -2.39. The van der Waals surface area contributed by atoms with Crippen LogP contribution in [0.4, 0.5) is 0 Å². The fourth-order valence-corrected chi connectivity index (χ4v) is 5.19. The third-order valence-electron chi connectivity index (χ3n) is 6.00. The molecule has 0 bridgehead atoms. The van der Waals surface area contributed by atoms with Crippen molar-refractivity contribution >= 4 is 40.2 Å². The van der Waals surface area contributed by atoms with Gasteiger partial charge in [0.2, 0.25) is 0 Å². The lowest BCUT2D eigenvalue weighted by Crippen LogP contribution is -2.46. The van der Waals surface area contributed by atoms with E-state index in [4.69, 9.17) is 30.5 Å². The van der Waals surface area contributed by atoms with Gasteiger partial charge in [-0.15, -0.1) is 0 Å². The van der Waals surface area contributed by atoms with E-state index >= 15 is 0 Å². The second-order valence-electron chi connectivity index (χ2n) is 8.93.